The average Bonchev–Trinajstić information content (AvgIpc) is 2.54. The number of hydrogen-bond acceptors (Lipinski definition) is 4. The molecule has 0 radical (unpaired) electrons. The number of aromatic nitrogens is 1. The molecule has 1 aromatic rings. The van der Waals surface area contributed by atoms with E-state index in [1.807, 2.05) is 6.20 Å². The highest BCUT2D eigenvalue weighted by atomic mass is 16.5. The normalized spacial score (nSPS) is 22.4. The third-order valence-corrected chi connectivity index (χ3v) is 3.03. The van der Waals surface area contributed by atoms with Crippen LogP contribution in [0.25, 0.3) is 0 Å². The molecule has 2 rings (SSSR count). The molecule has 4 heteroatoms. The van der Waals surface area contributed by atoms with E-state index in [0.717, 1.165) is 38.4 Å². The van der Waals surface area contributed by atoms with Gasteiger partial charge in [-0.05, 0) is 31.0 Å². The lowest BCUT2D eigenvalue weighted by Crippen LogP contribution is -2.29. The lowest BCUT2D eigenvalue weighted by molar-refractivity contribution is 0.0668. The SMILES string of the molecule is CC1CN(Cc2ccnc(CN)c2)CCCO1. The zero-order valence-corrected chi connectivity index (χ0v) is 10.4. The fourth-order valence-corrected chi connectivity index (χ4v) is 2.22. The van der Waals surface area contributed by atoms with Gasteiger partial charge in [0.05, 0.1) is 11.8 Å². The topological polar surface area (TPSA) is 51.4 Å². The zero-order valence-electron chi connectivity index (χ0n) is 10.4. The fraction of sp³-hybridized carbons (Fsp3) is 0.615. The number of ether oxygens (including phenoxy) is 1. The molecule has 1 fully saturated rings. The second-order valence-corrected chi connectivity index (χ2v) is 4.63. The first kappa shape index (κ1) is 12.5. The Morgan fingerprint density at radius 2 is 2.47 bits per heavy atom. The summed E-state index contributed by atoms with van der Waals surface area (Å²) >= 11 is 0. The van der Waals surface area contributed by atoms with Crippen molar-refractivity contribution < 1.29 is 4.74 Å². The molecule has 0 spiro atoms. The molecule has 1 atom stereocenters. The lowest BCUT2D eigenvalue weighted by atomic mass is 10.2. The van der Waals surface area contributed by atoms with E-state index in [-0.39, 0.29) is 0 Å². The molecule has 1 saturated heterocycles. The molecule has 0 aliphatic carbocycles. The maximum absolute atomic E-state index is 5.64. The van der Waals surface area contributed by atoms with E-state index in [1.54, 1.807) is 0 Å². The first-order valence-corrected chi connectivity index (χ1v) is 6.26. The van der Waals surface area contributed by atoms with Crippen molar-refractivity contribution in [1.82, 2.24) is 9.88 Å². The molecule has 2 heterocycles. The molecule has 17 heavy (non-hydrogen) atoms. The van der Waals surface area contributed by atoms with Gasteiger partial charge in [0.1, 0.15) is 0 Å². The standard InChI is InChI=1S/C13H21N3O/c1-11-9-16(5-2-6-17-11)10-12-3-4-15-13(7-12)8-14/h3-4,7,11H,2,5-6,8-10,14H2,1H3. The first-order valence-electron chi connectivity index (χ1n) is 6.26. The van der Waals surface area contributed by atoms with Gasteiger partial charge in [0, 0.05) is 39.0 Å². The summed E-state index contributed by atoms with van der Waals surface area (Å²) in [7, 11) is 0. The highest BCUT2D eigenvalue weighted by molar-refractivity contribution is 5.16. The Labute approximate surface area is 103 Å². The van der Waals surface area contributed by atoms with Crippen molar-refractivity contribution in [3.05, 3.63) is 29.6 Å². The van der Waals surface area contributed by atoms with Gasteiger partial charge in [-0.2, -0.15) is 0 Å². The van der Waals surface area contributed by atoms with E-state index in [1.165, 1.54) is 5.56 Å². The van der Waals surface area contributed by atoms with Crippen molar-refractivity contribution in [2.45, 2.75) is 32.5 Å². The molecular formula is C13H21N3O. The smallest absolute Gasteiger partial charge is 0.0674 e. The van der Waals surface area contributed by atoms with Crippen LogP contribution in [-0.2, 0) is 17.8 Å². The van der Waals surface area contributed by atoms with Gasteiger partial charge in [-0.15, -0.1) is 0 Å². The predicted molar refractivity (Wildman–Crippen MR) is 67.4 cm³/mol. The Morgan fingerprint density at radius 3 is 3.29 bits per heavy atom. The number of nitrogens with two attached hydrogens (primary N) is 1. The van der Waals surface area contributed by atoms with Gasteiger partial charge in [-0.25, -0.2) is 0 Å². The van der Waals surface area contributed by atoms with E-state index in [2.05, 4.69) is 28.9 Å². The summed E-state index contributed by atoms with van der Waals surface area (Å²) in [6.45, 7) is 6.58. The summed E-state index contributed by atoms with van der Waals surface area (Å²) in [6.07, 6.45) is 3.28. The van der Waals surface area contributed by atoms with Crippen LogP contribution in [0.4, 0.5) is 0 Å². The van der Waals surface area contributed by atoms with Crippen LogP contribution < -0.4 is 5.73 Å². The quantitative estimate of drug-likeness (QED) is 0.854. The first-order chi connectivity index (χ1) is 8.28. The maximum Gasteiger partial charge on any atom is 0.0674 e. The van der Waals surface area contributed by atoms with Crippen LogP contribution in [0.15, 0.2) is 18.3 Å². The molecule has 2 N–H and O–H groups in total. The summed E-state index contributed by atoms with van der Waals surface area (Å²) in [5.74, 6) is 0. The van der Waals surface area contributed by atoms with Gasteiger partial charge >= 0.3 is 0 Å². The molecule has 1 unspecified atom stereocenters. The van der Waals surface area contributed by atoms with Gasteiger partial charge in [-0.3, -0.25) is 9.88 Å². The van der Waals surface area contributed by atoms with Crippen LogP contribution in [0.1, 0.15) is 24.6 Å². The van der Waals surface area contributed by atoms with Crippen LogP contribution in [-0.4, -0.2) is 35.7 Å². The van der Waals surface area contributed by atoms with E-state index in [0.29, 0.717) is 12.6 Å². The van der Waals surface area contributed by atoms with Crippen molar-refractivity contribution in [3.8, 4) is 0 Å². The van der Waals surface area contributed by atoms with Crippen LogP contribution in [0.2, 0.25) is 0 Å². The van der Waals surface area contributed by atoms with Crippen molar-refractivity contribution in [3.63, 3.8) is 0 Å². The van der Waals surface area contributed by atoms with Gasteiger partial charge in [0.15, 0.2) is 0 Å². The Morgan fingerprint density at radius 1 is 1.59 bits per heavy atom. The molecule has 1 aliphatic rings. The minimum Gasteiger partial charge on any atom is -0.377 e. The third kappa shape index (κ3) is 3.77. The second kappa shape index (κ2) is 6.10. The minimum absolute atomic E-state index is 0.327. The molecule has 0 bridgehead atoms. The Balaban J connectivity index is 1.98. The Bertz CT molecular complexity index is 356. The lowest BCUT2D eigenvalue weighted by Gasteiger charge is -2.21. The molecule has 0 saturated carbocycles. The van der Waals surface area contributed by atoms with Gasteiger partial charge in [0.25, 0.3) is 0 Å². The summed E-state index contributed by atoms with van der Waals surface area (Å²) in [5.41, 5.74) is 7.85. The van der Waals surface area contributed by atoms with Crippen LogP contribution in [0.5, 0.6) is 0 Å². The summed E-state index contributed by atoms with van der Waals surface area (Å²) in [5, 5.41) is 0. The maximum atomic E-state index is 5.64. The van der Waals surface area contributed by atoms with Gasteiger partial charge in [0.2, 0.25) is 0 Å². The second-order valence-electron chi connectivity index (χ2n) is 4.63. The Hall–Kier alpha value is -0.970. The molecule has 94 valence electrons. The van der Waals surface area contributed by atoms with Crippen molar-refractivity contribution >= 4 is 0 Å². The van der Waals surface area contributed by atoms with Gasteiger partial charge < -0.3 is 10.5 Å². The zero-order chi connectivity index (χ0) is 12.1. The number of hydrogen-bond donors (Lipinski definition) is 1. The van der Waals surface area contributed by atoms with E-state index >= 15 is 0 Å². The van der Waals surface area contributed by atoms with E-state index in [9.17, 15) is 0 Å². The molecular weight excluding hydrogens is 214 g/mol. The third-order valence-electron chi connectivity index (χ3n) is 3.03. The average molecular weight is 235 g/mol. The fourth-order valence-electron chi connectivity index (χ4n) is 2.22. The molecule has 0 amide bonds. The van der Waals surface area contributed by atoms with Crippen molar-refractivity contribution in [1.29, 1.82) is 0 Å². The minimum atomic E-state index is 0.327. The molecule has 1 aromatic heterocycles. The van der Waals surface area contributed by atoms with Gasteiger partial charge in [-0.1, -0.05) is 0 Å². The summed E-state index contributed by atoms with van der Waals surface area (Å²) < 4.78 is 5.64. The number of pyridine rings is 1. The predicted octanol–water partition coefficient (Wildman–Crippen LogP) is 1.15. The monoisotopic (exact) mass is 235 g/mol. The number of rotatable bonds is 3. The van der Waals surface area contributed by atoms with Crippen LogP contribution in [0.3, 0.4) is 0 Å². The highest BCUT2D eigenvalue weighted by Gasteiger charge is 2.15. The molecule has 4 nitrogen and oxygen atoms in total. The van der Waals surface area contributed by atoms with Crippen LogP contribution >= 0.6 is 0 Å². The summed E-state index contributed by atoms with van der Waals surface area (Å²) in [4.78, 5) is 6.65. The highest BCUT2D eigenvalue weighted by Crippen LogP contribution is 2.11. The largest absolute Gasteiger partial charge is 0.377 e. The van der Waals surface area contributed by atoms with Crippen molar-refractivity contribution in [2.24, 2.45) is 5.73 Å². The Kier molecular flexibility index (Phi) is 4.48. The molecule has 0 aromatic carbocycles. The van der Waals surface area contributed by atoms with E-state index < -0.39 is 0 Å². The summed E-state index contributed by atoms with van der Waals surface area (Å²) in [6, 6.07) is 4.16. The van der Waals surface area contributed by atoms with E-state index in [4.69, 9.17) is 10.5 Å². The number of nitrogens with zero attached hydrogens (tertiary/aromatic N) is 2. The molecule has 1 aliphatic heterocycles. The van der Waals surface area contributed by atoms with Crippen molar-refractivity contribution in [2.75, 3.05) is 19.7 Å². The van der Waals surface area contributed by atoms with Crippen LogP contribution in [0, 0.1) is 0 Å².